The minimum Gasteiger partial charge on any atom is -0.388 e. The predicted molar refractivity (Wildman–Crippen MR) is 37.8 cm³/mol. The number of aliphatic hydroxyl groups is 1. The number of methoxy groups -OCH3 is 2. The van der Waals surface area contributed by atoms with E-state index in [2.05, 4.69) is 10.0 Å². The third-order valence-corrected chi connectivity index (χ3v) is 1.11. The monoisotopic (exact) mass is 161 g/mol. The molecule has 0 fully saturated rings. The van der Waals surface area contributed by atoms with Crippen LogP contribution < -0.4 is 0 Å². The highest BCUT2D eigenvalue weighted by Crippen LogP contribution is 1.99. The van der Waals surface area contributed by atoms with Gasteiger partial charge >= 0.3 is 0 Å². The van der Waals surface area contributed by atoms with Crippen LogP contribution in [0.2, 0.25) is 0 Å². The van der Waals surface area contributed by atoms with E-state index in [1.807, 2.05) is 0 Å². The largest absolute Gasteiger partial charge is 0.388 e. The average molecular weight is 161 g/mol. The SMILES string of the molecule is COC(OC)C(O)CN=[N+]=[N-]. The molecule has 0 aromatic rings. The molecule has 64 valence electrons. The van der Waals surface area contributed by atoms with Crippen LogP contribution in [0, 0.1) is 0 Å². The van der Waals surface area contributed by atoms with Gasteiger partial charge in [0.15, 0.2) is 6.29 Å². The molecule has 1 unspecified atom stereocenters. The molecule has 6 heteroatoms. The van der Waals surface area contributed by atoms with Crippen molar-refractivity contribution in [3.8, 4) is 0 Å². The van der Waals surface area contributed by atoms with Crippen molar-refractivity contribution in [3.05, 3.63) is 10.4 Å². The second-order valence-electron chi connectivity index (χ2n) is 1.82. The van der Waals surface area contributed by atoms with E-state index in [1.54, 1.807) is 0 Å². The summed E-state index contributed by atoms with van der Waals surface area (Å²) in [5.74, 6) is 0. The summed E-state index contributed by atoms with van der Waals surface area (Å²) in [5, 5.41) is 12.3. The minimum atomic E-state index is -0.916. The van der Waals surface area contributed by atoms with Crippen molar-refractivity contribution in [3.63, 3.8) is 0 Å². The molecule has 0 radical (unpaired) electrons. The number of aliphatic hydroxyl groups excluding tert-OH is 1. The van der Waals surface area contributed by atoms with Crippen LogP contribution in [0.15, 0.2) is 5.11 Å². The summed E-state index contributed by atoms with van der Waals surface area (Å²) < 4.78 is 9.41. The van der Waals surface area contributed by atoms with Crippen LogP contribution in [0.4, 0.5) is 0 Å². The molecule has 0 aromatic heterocycles. The summed E-state index contributed by atoms with van der Waals surface area (Å²) in [6, 6.07) is 0. The van der Waals surface area contributed by atoms with E-state index in [1.165, 1.54) is 14.2 Å². The molecule has 0 rings (SSSR count). The maximum absolute atomic E-state index is 9.13. The van der Waals surface area contributed by atoms with Crippen molar-refractivity contribution in [2.45, 2.75) is 12.4 Å². The highest BCUT2D eigenvalue weighted by Gasteiger charge is 2.16. The summed E-state index contributed by atoms with van der Waals surface area (Å²) in [4.78, 5) is 2.48. The quantitative estimate of drug-likeness (QED) is 0.272. The van der Waals surface area contributed by atoms with Gasteiger partial charge in [0.05, 0.1) is 6.54 Å². The molecule has 0 bridgehead atoms. The molecule has 0 saturated carbocycles. The van der Waals surface area contributed by atoms with Crippen LogP contribution in [0.5, 0.6) is 0 Å². The zero-order chi connectivity index (χ0) is 8.69. The van der Waals surface area contributed by atoms with Crippen molar-refractivity contribution in [2.24, 2.45) is 5.11 Å². The summed E-state index contributed by atoms with van der Waals surface area (Å²) in [7, 11) is 2.79. The number of nitrogens with zero attached hydrogens (tertiary/aromatic N) is 3. The summed E-state index contributed by atoms with van der Waals surface area (Å²) in [6.45, 7) is -0.0527. The Morgan fingerprint density at radius 2 is 2.09 bits per heavy atom. The van der Waals surface area contributed by atoms with Crippen molar-refractivity contribution < 1.29 is 14.6 Å². The van der Waals surface area contributed by atoms with E-state index in [-0.39, 0.29) is 6.54 Å². The van der Waals surface area contributed by atoms with E-state index in [0.717, 1.165) is 0 Å². The maximum Gasteiger partial charge on any atom is 0.182 e. The zero-order valence-electron chi connectivity index (χ0n) is 6.47. The molecular formula is C5H11N3O3. The van der Waals surface area contributed by atoms with Crippen molar-refractivity contribution in [1.29, 1.82) is 0 Å². The summed E-state index contributed by atoms with van der Waals surface area (Å²) >= 11 is 0. The fourth-order valence-electron chi connectivity index (χ4n) is 0.617. The fourth-order valence-corrected chi connectivity index (χ4v) is 0.617. The second kappa shape index (κ2) is 5.94. The Bertz CT molecular complexity index is 142. The van der Waals surface area contributed by atoms with E-state index in [4.69, 9.17) is 20.1 Å². The van der Waals surface area contributed by atoms with E-state index < -0.39 is 12.4 Å². The van der Waals surface area contributed by atoms with Gasteiger partial charge in [-0.1, -0.05) is 5.11 Å². The zero-order valence-corrected chi connectivity index (χ0v) is 6.47. The second-order valence-corrected chi connectivity index (χ2v) is 1.82. The Morgan fingerprint density at radius 1 is 1.55 bits per heavy atom. The van der Waals surface area contributed by atoms with Gasteiger partial charge in [-0.3, -0.25) is 0 Å². The Morgan fingerprint density at radius 3 is 2.45 bits per heavy atom. The molecule has 0 aliphatic rings. The Labute approximate surface area is 64.4 Å². The number of ether oxygens (including phenoxy) is 2. The highest BCUT2D eigenvalue weighted by atomic mass is 16.7. The molecule has 0 aromatic carbocycles. The predicted octanol–water partition coefficient (Wildman–Crippen LogP) is 0.276. The van der Waals surface area contributed by atoms with E-state index >= 15 is 0 Å². The summed E-state index contributed by atoms with van der Waals surface area (Å²) in [5.41, 5.74) is 7.91. The third-order valence-electron chi connectivity index (χ3n) is 1.11. The molecular weight excluding hydrogens is 150 g/mol. The molecule has 1 atom stereocenters. The lowest BCUT2D eigenvalue weighted by Gasteiger charge is -2.17. The molecule has 0 aliphatic heterocycles. The van der Waals surface area contributed by atoms with Gasteiger partial charge < -0.3 is 14.6 Å². The maximum atomic E-state index is 9.13. The lowest BCUT2D eigenvalue weighted by atomic mass is 10.3. The van der Waals surface area contributed by atoms with Crippen LogP contribution in [0.3, 0.4) is 0 Å². The number of hydrogen-bond acceptors (Lipinski definition) is 4. The van der Waals surface area contributed by atoms with Gasteiger partial charge in [0.2, 0.25) is 0 Å². The lowest BCUT2D eigenvalue weighted by molar-refractivity contribution is -0.160. The molecule has 11 heavy (non-hydrogen) atoms. The van der Waals surface area contributed by atoms with Crippen molar-refractivity contribution >= 4 is 0 Å². The Kier molecular flexibility index (Phi) is 5.50. The van der Waals surface area contributed by atoms with E-state index in [9.17, 15) is 0 Å². The van der Waals surface area contributed by atoms with Crippen LogP contribution in [-0.2, 0) is 9.47 Å². The lowest BCUT2D eigenvalue weighted by Crippen LogP contribution is -2.31. The first kappa shape index (κ1) is 10.2. The normalized spacial score (nSPS) is 12.7. The third kappa shape index (κ3) is 3.79. The molecule has 6 nitrogen and oxygen atoms in total. The van der Waals surface area contributed by atoms with Gasteiger partial charge in [-0.05, 0) is 5.53 Å². The number of rotatable bonds is 5. The van der Waals surface area contributed by atoms with Gasteiger partial charge in [0, 0.05) is 19.1 Å². The first-order chi connectivity index (χ1) is 5.26. The Hall–Kier alpha value is -0.810. The van der Waals surface area contributed by atoms with E-state index in [0.29, 0.717) is 0 Å². The van der Waals surface area contributed by atoms with Gasteiger partial charge in [-0.15, -0.1) is 0 Å². The minimum absolute atomic E-state index is 0.0527. The van der Waals surface area contributed by atoms with Crippen LogP contribution in [0.25, 0.3) is 10.4 Å². The molecule has 0 spiro atoms. The van der Waals surface area contributed by atoms with Gasteiger partial charge in [-0.2, -0.15) is 0 Å². The molecule has 1 N–H and O–H groups in total. The smallest absolute Gasteiger partial charge is 0.182 e. The standard InChI is InChI=1S/C5H11N3O3/c1-10-5(11-2)4(9)3-7-8-6/h4-5,9H,3H2,1-2H3. The van der Waals surface area contributed by atoms with Crippen LogP contribution >= 0.6 is 0 Å². The number of azide groups is 1. The molecule has 0 amide bonds. The van der Waals surface area contributed by atoms with Gasteiger partial charge in [0.1, 0.15) is 6.10 Å². The summed E-state index contributed by atoms with van der Waals surface area (Å²) in [6.07, 6.45) is -1.65. The van der Waals surface area contributed by atoms with Gasteiger partial charge in [0.25, 0.3) is 0 Å². The number of hydrogen-bond donors (Lipinski definition) is 1. The molecule has 0 heterocycles. The first-order valence-electron chi connectivity index (χ1n) is 3.00. The van der Waals surface area contributed by atoms with Crippen molar-refractivity contribution in [2.75, 3.05) is 20.8 Å². The topological polar surface area (TPSA) is 87.5 Å². The molecule has 0 aliphatic carbocycles. The first-order valence-corrected chi connectivity index (χ1v) is 3.00. The fraction of sp³-hybridized carbons (Fsp3) is 1.00. The van der Waals surface area contributed by atoms with Crippen LogP contribution in [-0.4, -0.2) is 38.3 Å². The van der Waals surface area contributed by atoms with Gasteiger partial charge in [-0.25, -0.2) is 0 Å². The molecule has 0 saturated heterocycles. The average Bonchev–Trinajstić information content (AvgIpc) is 2.03. The van der Waals surface area contributed by atoms with Crippen LogP contribution in [0.1, 0.15) is 0 Å². The highest BCUT2D eigenvalue weighted by molar-refractivity contribution is 4.62. The Balaban J connectivity index is 3.77. The van der Waals surface area contributed by atoms with Crippen molar-refractivity contribution in [1.82, 2.24) is 0 Å².